The zero-order valence-electron chi connectivity index (χ0n) is 17.1. The number of nitrogens with one attached hydrogen (secondary N) is 1. The van der Waals surface area contributed by atoms with Gasteiger partial charge in [-0.3, -0.25) is 14.2 Å². The molecule has 0 spiro atoms. The van der Waals surface area contributed by atoms with E-state index >= 15 is 0 Å². The van der Waals surface area contributed by atoms with Crippen LogP contribution in [0.4, 0.5) is 0 Å². The highest BCUT2D eigenvalue weighted by atomic mass is 35.5. The first-order valence-electron chi connectivity index (χ1n) is 9.67. The van der Waals surface area contributed by atoms with E-state index in [1.165, 1.54) is 0 Å². The first-order chi connectivity index (χ1) is 14.3. The average Bonchev–Trinajstić information content (AvgIpc) is 2.73. The molecule has 0 bridgehead atoms. The highest BCUT2D eigenvalue weighted by molar-refractivity contribution is 6.31. The molecular formula is C22H23ClN4O3. The molecule has 1 N–H and O–H groups in total. The SMILES string of the molecule is CC[C@@H](C)NC(=O)c1nn(-c2ccc(C)cc2)c(=O)n(Cc2ccccc2Cl)c1=O. The summed E-state index contributed by atoms with van der Waals surface area (Å²) in [5, 5.41) is 7.27. The molecule has 0 saturated heterocycles. The number of carbonyl (C=O) groups excluding carboxylic acids is 1. The second kappa shape index (κ2) is 9.09. The number of rotatable bonds is 6. The van der Waals surface area contributed by atoms with Gasteiger partial charge in [-0.05, 0) is 44.0 Å². The van der Waals surface area contributed by atoms with Gasteiger partial charge in [0.1, 0.15) is 0 Å². The van der Waals surface area contributed by atoms with Gasteiger partial charge in [-0.15, -0.1) is 0 Å². The van der Waals surface area contributed by atoms with E-state index in [1.54, 1.807) is 36.4 Å². The maximum atomic E-state index is 13.1. The molecule has 2 aromatic carbocycles. The lowest BCUT2D eigenvalue weighted by Crippen LogP contribution is -2.47. The van der Waals surface area contributed by atoms with Crippen LogP contribution in [-0.2, 0) is 6.54 Å². The van der Waals surface area contributed by atoms with E-state index in [0.29, 0.717) is 22.7 Å². The Morgan fingerprint density at radius 3 is 2.43 bits per heavy atom. The summed E-state index contributed by atoms with van der Waals surface area (Å²) < 4.78 is 2.06. The summed E-state index contributed by atoms with van der Waals surface area (Å²) in [5.41, 5.74) is 0.297. The van der Waals surface area contributed by atoms with Gasteiger partial charge in [-0.25, -0.2) is 4.79 Å². The quantitative estimate of drug-likeness (QED) is 0.656. The molecular weight excluding hydrogens is 404 g/mol. The van der Waals surface area contributed by atoms with E-state index in [4.69, 9.17) is 11.6 Å². The van der Waals surface area contributed by atoms with Crippen LogP contribution in [0.25, 0.3) is 5.69 Å². The van der Waals surface area contributed by atoms with Gasteiger partial charge in [0.15, 0.2) is 0 Å². The molecule has 0 fully saturated rings. The van der Waals surface area contributed by atoms with Crippen molar-refractivity contribution in [2.24, 2.45) is 0 Å². The molecule has 1 aromatic heterocycles. The summed E-state index contributed by atoms with van der Waals surface area (Å²) in [6, 6.07) is 13.9. The predicted molar refractivity (Wildman–Crippen MR) is 117 cm³/mol. The van der Waals surface area contributed by atoms with Crippen molar-refractivity contribution in [3.63, 3.8) is 0 Å². The number of halogens is 1. The molecule has 7 nitrogen and oxygen atoms in total. The molecule has 156 valence electrons. The van der Waals surface area contributed by atoms with Gasteiger partial charge in [0.2, 0.25) is 5.69 Å². The fourth-order valence-corrected chi connectivity index (χ4v) is 3.04. The van der Waals surface area contributed by atoms with Crippen molar-refractivity contribution < 1.29 is 4.79 Å². The third-order valence-corrected chi connectivity index (χ3v) is 5.20. The molecule has 0 saturated carbocycles. The van der Waals surface area contributed by atoms with Crippen LogP contribution < -0.4 is 16.6 Å². The van der Waals surface area contributed by atoms with Crippen LogP contribution in [-0.4, -0.2) is 26.3 Å². The third kappa shape index (κ3) is 4.52. The van der Waals surface area contributed by atoms with Gasteiger partial charge >= 0.3 is 5.69 Å². The average molecular weight is 427 g/mol. The van der Waals surface area contributed by atoms with Crippen LogP contribution in [0.5, 0.6) is 0 Å². The van der Waals surface area contributed by atoms with E-state index in [0.717, 1.165) is 14.8 Å². The molecule has 3 aromatic rings. The fourth-order valence-electron chi connectivity index (χ4n) is 2.84. The molecule has 0 aliphatic carbocycles. The highest BCUT2D eigenvalue weighted by Crippen LogP contribution is 2.15. The second-order valence-electron chi connectivity index (χ2n) is 7.14. The topological polar surface area (TPSA) is 86.0 Å². The lowest BCUT2D eigenvalue weighted by atomic mass is 10.2. The Balaban J connectivity index is 2.20. The number of carbonyl (C=O) groups is 1. The molecule has 3 rings (SSSR count). The summed E-state index contributed by atoms with van der Waals surface area (Å²) in [4.78, 5) is 38.9. The predicted octanol–water partition coefficient (Wildman–Crippen LogP) is 2.93. The summed E-state index contributed by atoms with van der Waals surface area (Å²) in [6.07, 6.45) is 0.692. The summed E-state index contributed by atoms with van der Waals surface area (Å²) in [6.45, 7) is 5.59. The van der Waals surface area contributed by atoms with Crippen LogP contribution in [0.15, 0.2) is 58.1 Å². The largest absolute Gasteiger partial charge is 0.352 e. The second-order valence-corrected chi connectivity index (χ2v) is 7.55. The first kappa shape index (κ1) is 21.5. The van der Waals surface area contributed by atoms with Crippen molar-refractivity contribution in [3.05, 3.63) is 91.2 Å². The van der Waals surface area contributed by atoms with E-state index in [-0.39, 0.29) is 18.3 Å². The molecule has 1 amide bonds. The van der Waals surface area contributed by atoms with Gasteiger partial charge < -0.3 is 5.32 Å². The molecule has 0 radical (unpaired) electrons. The monoisotopic (exact) mass is 426 g/mol. The van der Waals surface area contributed by atoms with E-state index in [1.807, 2.05) is 32.9 Å². The van der Waals surface area contributed by atoms with Crippen LogP contribution in [0.3, 0.4) is 0 Å². The van der Waals surface area contributed by atoms with E-state index in [9.17, 15) is 14.4 Å². The Hall–Kier alpha value is -3.19. The lowest BCUT2D eigenvalue weighted by Gasteiger charge is -2.14. The summed E-state index contributed by atoms with van der Waals surface area (Å²) >= 11 is 6.22. The number of amides is 1. The normalized spacial score (nSPS) is 11.9. The summed E-state index contributed by atoms with van der Waals surface area (Å²) in [5.74, 6) is -0.622. The smallest absolute Gasteiger partial charge is 0.348 e. The van der Waals surface area contributed by atoms with Gasteiger partial charge in [0.05, 0.1) is 12.2 Å². The fraction of sp³-hybridized carbons (Fsp3) is 0.273. The first-order valence-corrected chi connectivity index (χ1v) is 10.0. The third-order valence-electron chi connectivity index (χ3n) is 4.83. The number of hydrogen-bond acceptors (Lipinski definition) is 4. The zero-order valence-corrected chi connectivity index (χ0v) is 17.8. The van der Waals surface area contributed by atoms with Crippen LogP contribution in [0.1, 0.15) is 41.9 Å². The lowest BCUT2D eigenvalue weighted by molar-refractivity contribution is 0.0929. The van der Waals surface area contributed by atoms with Crippen molar-refractivity contribution in [3.8, 4) is 5.69 Å². The molecule has 0 aliphatic rings. The molecule has 1 atom stereocenters. The standard InChI is InChI=1S/C22H23ClN4O3/c1-4-15(3)24-20(28)19-21(29)26(13-16-7-5-6-8-18(16)23)22(30)27(25-19)17-11-9-14(2)10-12-17/h5-12,15H,4,13H2,1-3H3,(H,24,28)/t15-/m1/s1. The van der Waals surface area contributed by atoms with Crippen molar-refractivity contribution in [2.75, 3.05) is 0 Å². The van der Waals surface area contributed by atoms with Crippen molar-refractivity contribution >= 4 is 17.5 Å². The number of aromatic nitrogens is 3. The molecule has 0 aliphatic heterocycles. The molecule has 30 heavy (non-hydrogen) atoms. The number of aryl methyl sites for hydroxylation is 1. The van der Waals surface area contributed by atoms with Crippen LogP contribution in [0, 0.1) is 6.92 Å². The summed E-state index contributed by atoms with van der Waals surface area (Å²) in [7, 11) is 0. The minimum atomic E-state index is -0.760. The maximum absolute atomic E-state index is 13.1. The van der Waals surface area contributed by atoms with Gasteiger partial charge in [0.25, 0.3) is 11.5 Å². The van der Waals surface area contributed by atoms with Crippen molar-refractivity contribution in [1.82, 2.24) is 19.7 Å². The Kier molecular flexibility index (Phi) is 6.52. The number of hydrogen-bond donors (Lipinski definition) is 1. The van der Waals surface area contributed by atoms with Crippen molar-refractivity contribution in [2.45, 2.75) is 39.8 Å². The molecule has 1 heterocycles. The van der Waals surface area contributed by atoms with Crippen LogP contribution >= 0.6 is 11.6 Å². The Labute approximate surface area is 178 Å². The Bertz CT molecular complexity index is 1180. The van der Waals surface area contributed by atoms with Gasteiger partial charge in [-0.1, -0.05) is 54.4 Å². The van der Waals surface area contributed by atoms with Crippen molar-refractivity contribution in [1.29, 1.82) is 0 Å². The maximum Gasteiger partial charge on any atom is 0.352 e. The highest BCUT2D eigenvalue weighted by Gasteiger charge is 2.21. The number of benzene rings is 2. The zero-order chi connectivity index (χ0) is 21.8. The Morgan fingerprint density at radius 1 is 1.13 bits per heavy atom. The Morgan fingerprint density at radius 2 is 1.80 bits per heavy atom. The van der Waals surface area contributed by atoms with Gasteiger partial charge in [0, 0.05) is 11.1 Å². The minimum absolute atomic E-state index is 0.0741. The molecule has 0 unspecified atom stereocenters. The molecule has 8 heteroatoms. The van der Waals surface area contributed by atoms with E-state index in [2.05, 4.69) is 10.4 Å². The van der Waals surface area contributed by atoms with E-state index < -0.39 is 17.2 Å². The number of nitrogens with zero attached hydrogens (tertiary/aromatic N) is 3. The van der Waals surface area contributed by atoms with Gasteiger partial charge in [-0.2, -0.15) is 9.78 Å². The minimum Gasteiger partial charge on any atom is -0.348 e. The van der Waals surface area contributed by atoms with Crippen LogP contribution in [0.2, 0.25) is 5.02 Å².